The summed E-state index contributed by atoms with van der Waals surface area (Å²) in [7, 11) is 0. The molecule has 18 heavy (non-hydrogen) atoms. The van der Waals surface area contributed by atoms with Crippen molar-refractivity contribution in [3.05, 3.63) is 29.3 Å². The number of carbonyl (C=O) groups is 1. The average Bonchev–Trinajstić information content (AvgIpc) is 2.33. The fraction of sp³-hybridized carbons (Fsp3) is 0.417. The van der Waals surface area contributed by atoms with E-state index < -0.39 is 0 Å². The van der Waals surface area contributed by atoms with Crippen LogP contribution in [0.2, 0.25) is 5.02 Å². The van der Waals surface area contributed by atoms with E-state index in [0.717, 1.165) is 31.6 Å². The van der Waals surface area contributed by atoms with Gasteiger partial charge in [0.1, 0.15) is 0 Å². The van der Waals surface area contributed by atoms with Crippen LogP contribution in [0.1, 0.15) is 12.8 Å². The van der Waals surface area contributed by atoms with Gasteiger partial charge in [0.15, 0.2) is 0 Å². The average molecular weight is 290 g/mol. The van der Waals surface area contributed by atoms with E-state index in [-0.39, 0.29) is 24.5 Å². The zero-order valence-electron chi connectivity index (χ0n) is 9.91. The minimum Gasteiger partial charge on any atom is -0.335 e. The highest BCUT2D eigenvalue weighted by Gasteiger charge is 2.14. The number of hydrogen-bond acceptors (Lipinski definition) is 2. The number of piperidine rings is 1. The molecule has 1 fully saturated rings. The third-order valence-corrected chi connectivity index (χ3v) is 3.03. The summed E-state index contributed by atoms with van der Waals surface area (Å²) in [6.07, 6.45) is 1.96. The number of hydrogen-bond donors (Lipinski definition) is 3. The lowest BCUT2D eigenvalue weighted by molar-refractivity contribution is 0.245. The Morgan fingerprint density at radius 2 is 1.83 bits per heavy atom. The zero-order chi connectivity index (χ0) is 12.1. The molecule has 0 radical (unpaired) electrons. The molecule has 1 aromatic carbocycles. The summed E-state index contributed by atoms with van der Waals surface area (Å²) in [5.74, 6) is 0. The topological polar surface area (TPSA) is 53.2 Å². The first kappa shape index (κ1) is 15.1. The Kier molecular flexibility index (Phi) is 6.25. The lowest BCUT2D eigenvalue weighted by Crippen LogP contribution is -2.44. The van der Waals surface area contributed by atoms with Crippen LogP contribution >= 0.6 is 24.0 Å². The summed E-state index contributed by atoms with van der Waals surface area (Å²) < 4.78 is 0. The number of anilines is 1. The largest absolute Gasteiger partial charge is 0.335 e. The van der Waals surface area contributed by atoms with Crippen molar-refractivity contribution in [3.63, 3.8) is 0 Å². The molecule has 1 aromatic rings. The first-order valence-electron chi connectivity index (χ1n) is 5.78. The van der Waals surface area contributed by atoms with Gasteiger partial charge in [-0.3, -0.25) is 0 Å². The smallest absolute Gasteiger partial charge is 0.319 e. The molecule has 0 spiro atoms. The third-order valence-electron chi connectivity index (χ3n) is 2.78. The maximum Gasteiger partial charge on any atom is 0.319 e. The van der Waals surface area contributed by atoms with E-state index in [1.54, 1.807) is 24.3 Å². The molecule has 0 aliphatic carbocycles. The Hall–Kier alpha value is -0.970. The van der Waals surface area contributed by atoms with Crippen molar-refractivity contribution in [2.75, 3.05) is 18.4 Å². The van der Waals surface area contributed by atoms with Crippen molar-refractivity contribution >= 4 is 35.7 Å². The molecule has 2 rings (SSSR count). The summed E-state index contributed by atoms with van der Waals surface area (Å²) in [6, 6.07) is 7.18. The van der Waals surface area contributed by atoms with Crippen LogP contribution in [0.3, 0.4) is 0 Å². The lowest BCUT2D eigenvalue weighted by atomic mass is 10.1. The maximum atomic E-state index is 11.7. The van der Waals surface area contributed by atoms with Crippen LogP contribution in [-0.2, 0) is 0 Å². The van der Waals surface area contributed by atoms with Gasteiger partial charge in [-0.2, -0.15) is 0 Å². The van der Waals surface area contributed by atoms with Crippen molar-refractivity contribution < 1.29 is 4.79 Å². The molecule has 3 N–H and O–H groups in total. The van der Waals surface area contributed by atoms with Gasteiger partial charge in [-0.1, -0.05) is 11.6 Å². The Morgan fingerprint density at radius 1 is 1.22 bits per heavy atom. The number of amides is 2. The molecule has 4 nitrogen and oxygen atoms in total. The second-order valence-corrected chi connectivity index (χ2v) is 4.57. The first-order chi connectivity index (χ1) is 8.24. The van der Waals surface area contributed by atoms with Gasteiger partial charge < -0.3 is 16.0 Å². The minimum atomic E-state index is -0.153. The molecule has 0 atom stereocenters. The van der Waals surface area contributed by atoms with Gasteiger partial charge in [-0.05, 0) is 50.2 Å². The lowest BCUT2D eigenvalue weighted by Gasteiger charge is -2.23. The van der Waals surface area contributed by atoms with Crippen LogP contribution in [0.5, 0.6) is 0 Å². The fourth-order valence-electron chi connectivity index (χ4n) is 1.85. The summed E-state index contributed by atoms with van der Waals surface area (Å²) in [5, 5.41) is 9.67. The quantitative estimate of drug-likeness (QED) is 0.784. The Bertz CT molecular complexity index is 377. The van der Waals surface area contributed by atoms with Crippen molar-refractivity contribution in [2.45, 2.75) is 18.9 Å². The van der Waals surface area contributed by atoms with Gasteiger partial charge >= 0.3 is 6.03 Å². The molecule has 1 aliphatic heterocycles. The molecule has 1 saturated heterocycles. The van der Waals surface area contributed by atoms with Gasteiger partial charge in [0, 0.05) is 16.8 Å². The van der Waals surface area contributed by atoms with Gasteiger partial charge in [-0.25, -0.2) is 4.79 Å². The normalized spacial score (nSPS) is 15.6. The molecule has 2 amide bonds. The fourth-order valence-corrected chi connectivity index (χ4v) is 1.98. The Morgan fingerprint density at radius 3 is 2.44 bits per heavy atom. The van der Waals surface area contributed by atoms with Gasteiger partial charge in [0.2, 0.25) is 0 Å². The zero-order valence-corrected chi connectivity index (χ0v) is 11.5. The molecule has 0 unspecified atom stereocenters. The monoisotopic (exact) mass is 289 g/mol. The molecule has 0 saturated carbocycles. The standard InChI is InChI=1S/C12H16ClN3O.ClH/c13-9-1-3-10(4-2-9)15-12(17)16-11-5-7-14-8-6-11;/h1-4,11,14H,5-8H2,(H2,15,16,17);1H. The summed E-state index contributed by atoms with van der Waals surface area (Å²) in [6.45, 7) is 1.93. The summed E-state index contributed by atoms with van der Waals surface area (Å²) in [5.41, 5.74) is 0.751. The van der Waals surface area contributed by atoms with Crippen molar-refractivity contribution in [2.24, 2.45) is 0 Å². The molecule has 1 heterocycles. The van der Waals surface area contributed by atoms with Crippen molar-refractivity contribution in [1.82, 2.24) is 10.6 Å². The highest BCUT2D eigenvalue weighted by molar-refractivity contribution is 6.30. The molecular weight excluding hydrogens is 273 g/mol. The SMILES string of the molecule is Cl.O=C(Nc1ccc(Cl)cc1)NC1CCNCC1. The van der Waals surface area contributed by atoms with E-state index in [0.29, 0.717) is 5.02 Å². The number of urea groups is 1. The van der Waals surface area contributed by atoms with Crippen LogP contribution in [0.4, 0.5) is 10.5 Å². The molecule has 6 heteroatoms. The first-order valence-corrected chi connectivity index (χ1v) is 6.15. The summed E-state index contributed by atoms with van der Waals surface area (Å²) >= 11 is 5.77. The number of benzene rings is 1. The number of halogens is 2. The number of rotatable bonds is 2. The summed E-state index contributed by atoms with van der Waals surface area (Å²) in [4.78, 5) is 11.7. The van der Waals surface area contributed by atoms with Crippen molar-refractivity contribution in [1.29, 1.82) is 0 Å². The third kappa shape index (κ3) is 4.72. The highest BCUT2D eigenvalue weighted by atomic mass is 35.5. The van der Waals surface area contributed by atoms with E-state index in [2.05, 4.69) is 16.0 Å². The van der Waals surface area contributed by atoms with E-state index in [9.17, 15) is 4.79 Å². The molecule has 100 valence electrons. The highest BCUT2D eigenvalue weighted by Crippen LogP contribution is 2.13. The molecular formula is C12H17Cl2N3O. The maximum absolute atomic E-state index is 11.7. The van der Waals surface area contributed by atoms with Crippen LogP contribution < -0.4 is 16.0 Å². The molecule has 0 bridgehead atoms. The molecule has 1 aliphatic rings. The van der Waals surface area contributed by atoms with Crippen LogP contribution in [0.15, 0.2) is 24.3 Å². The second-order valence-electron chi connectivity index (χ2n) is 4.13. The van der Waals surface area contributed by atoms with Crippen LogP contribution in [0.25, 0.3) is 0 Å². The Balaban J connectivity index is 0.00000162. The van der Waals surface area contributed by atoms with E-state index in [1.165, 1.54) is 0 Å². The van der Waals surface area contributed by atoms with E-state index in [4.69, 9.17) is 11.6 Å². The predicted molar refractivity (Wildman–Crippen MR) is 76.7 cm³/mol. The predicted octanol–water partition coefficient (Wildman–Crippen LogP) is 2.64. The van der Waals surface area contributed by atoms with Gasteiger partial charge in [0.25, 0.3) is 0 Å². The van der Waals surface area contributed by atoms with Crippen molar-refractivity contribution in [3.8, 4) is 0 Å². The second kappa shape index (κ2) is 7.46. The molecule has 0 aromatic heterocycles. The van der Waals surface area contributed by atoms with E-state index in [1.807, 2.05) is 0 Å². The number of carbonyl (C=O) groups excluding carboxylic acids is 1. The number of nitrogens with one attached hydrogen (secondary N) is 3. The van der Waals surface area contributed by atoms with Crippen LogP contribution in [-0.4, -0.2) is 25.2 Å². The van der Waals surface area contributed by atoms with Crippen LogP contribution in [0, 0.1) is 0 Å². The minimum absolute atomic E-state index is 0. The Labute approximate surface area is 118 Å². The van der Waals surface area contributed by atoms with Gasteiger partial charge in [0.05, 0.1) is 0 Å². The van der Waals surface area contributed by atoms with Gasteiger partial charge in [-0.15, -0.1) is 12.4 Å². The van der Waals surface area contributed by atoms with E-state index >= 15 is 0 Å².